The highest BCUT2D eigenvalue weighted by molar-refractivity contribution is 7.22. The Hall–Kier alpha value is -1.80. The summed E-state index contributed by atoms with van der Waals surface area (Å²) < 4.78 is 6.57. The predicted octanol–water partition coefficient (Wildman–Crippen LogP) is 2.62. The lowest BCUT2D eigenvalue weighted by molar-refractivity contribution is -0.908. The Kier molecular flexibility index (Phi) is 5.83. The average molecular weight is 403 g/mol. The standard InChI is InChI=1S/C20H23N3O2S2/c1-15-5-6-16-18(14-15)27-20(21-16)23(19(24)17-4-2-13-26-17)8-3-7-22-9-11-25-12-10-22/h2,4-6,13-14H,3,7-12H2,1H3/p+1. The maximum atomic E-state index is 13.1. The highest BCUT2D eigenvalue weighted by atomic mass is 32.1. The normalized spacial score (nSPS) is 15.3. The molecule has 0 bridgehead atoms. The minimum atomic E-state index is 0.0535. The van der Waals surface area contributed by atoms with Gasteiger partial charge in [0.1, 0.15) is 13.1 Å². The SMILES string of the molecule is Cc1ccc2nc(N(CCC[NH+]3CCOCC3)C(=O)c3cccs3)sc2c1. The molecule has 4 rings (SSSR count). The van der Waals surface area contributed by atoms with Crippen LogP contribution in [0.5, 0.6) is 0 Å². The van der Waals surface area contributed by atoms with Gasteiger partial charge in [-0.2, -0.15) is 0 Å². The van der Waals surface area contributed by atoms with Crippen molar-refractivity contribution in [3.63, 3.8) is 0 Å². The van der Waals surface area contributed by atoms with E-state index < -0.39 is 0 Å². The number of benzene rings is 1. The van der Waals surface area contributed by atoms with Gasteiger partial charge in [0.15, 0.2) is 5.13 Å². The third-order valence-corrected chi connectivity index (χ3v) is 6.75. The van der Waals surface area contributed by atoms with Crippen molar-refractivity contribution in [3.8, 4) is 0 Å². The molecule has 0 radical (unpaired) electrons. The Morgan fingerprint density at radius 3 is 2.93 bits per heavy atom. The van der Waals surface area contributed by atoms with Gasteiger partial charge in [0.05, 0.1) is 34.9 Å². The molecule has 1 aliphatic rings. The Bertz CT molecular complexity index is 901. The molecule has 0 saturated carbocycles. The van der Waals surface area contributed by atoms with Gasteiger partial charge in [0, 0.05) is 13.0 Å². The van der Waals surface area contributed by atoms with E-state index in [-0.39, 0.29) is 5.91 Å². The van der Waals surface area contributed by atoms with Crippen LogP contribution in [0, 0.1) is 6.92 Å². The fourth-order valence-corrected chi connectivity index (χ4v) is 5.11. The largest absolute Gasteiger partial charge is 0.370 e. The molecule has 1 saturated heterocycles. The molecular weight excluding hydrogens is 378 g/mol. The lowest BCUT2D eigenvalue weighted by atomic mass is 10.2. The van der Waals surface area contributed by atoms with Crippen LogP contribution in [-0.2, 0) is 4.74 Å². The number of anilines is 1. The number of carbonyl (C=O) groups is 1. The van der Waals surface area contributed by atoms with E-state index in [9.17, 15) is 4.79 Å². The van der Waals surface area contributed by atoms with Gasteiger partial charge in [0.2, 0.25) is 0 Å². The van der Waals surface area contributed by atoms with Crippen molar-refractivity contribution in [2.45, 2.75) is 13.3 Å². The van der Waals surface area contributed by atoms with E-state index in [4.69, 9.17) is 9.72 Å². The predicted molar refractivity (Wildman–Crippen MR) is 111 cm³/mol. The summed E-state index contributed by atoms with van der Waals surface area (Å²) in [6.45, 7) is 7.62. The monoisotopic (exact) mass is 402 g/mol. The number of fused-ring (bicyclic) bond motifs is 1. The number of rotatable bonds is 6. The average Bonchev–Trinajstić information content (AvgIpc) is 3.35. The lowest BCUT2D eigenvalue weighted by Gasteiger charge is -2.25. The van der Waals surface area contributed by atoms with Crippen LogP contribution in [0.3, 0.4) is 0 Å². The zero-order chi connectivity index (χ0) is 18.6. The number of morpholine rings is 1. The summed E-state index contributed by atoms with van der Waals surface area (Å²) in [6, 6.07) is 10.1. The van der Waals surface area contributed by atoms with Crippen LogP contribution in [0.2, 0.25) is 0 Å². The highest BCUT2D eigenvalue weighted by Crippen LogP contribution is 2.31. The van der Waals surface area contributed by atoms with Gasteiger partial charge in [-0.1, -0.05) is 23.5 Å². The smallest absolute Gasteiger partial charge is 0.270 e. The molecule has 1 N–H and O–H groups in total. The summed E-state index contributed by atoms with van der Waals surface area (Å²) >= 11 is 3.09. The van der Waals surface area contributed by atoms with Crippen molar-refractivity contribution in [2.24, 2.45) is 0 Å². The number of aryl methyl sites for hydroxylation is 1. The molecule has 5 nitrogen and oxygen atoms in total. The number of hydrogen-bond donors (Lipinski definition) is 1. The van der Waals surface area contributed by atoms with Crippen LogP contribution < -0.4 is 9.80 Å². The van der Waals surface area contributed by atoms with Crippen molar-refractivity contribution >= 4 is 43.9 Å². The number of aromatic nitrogens is 1. The minimum Gasteiger partial charge on any atom is -0.370 e. The summed E-state index contributed by atoms with van der Waals surface area (Å²) in [4.78, 5) is 22.1. The first-order valence-electron chi connectivity index (χ1n) is 9.34. The molecule has 1 aliphatic heterocycles. The maximum Gasteiger partial charge on any atom is 0.270 e. The van der Waals surface area contributed by atoms with Crippen LogP contribution >= 0.6 is 22.7 Å². The molecule has 0 unspecified atom stereocenters. The van der Waals surface area contributed by atoms with E-state index >= 15 is 0 Å². The number of ether oxygens (including phenoxy) is 1. The molecule has 0 aliphatic carbocycles. The molecule has 2 aromatic heterocycles. The number of hydrogen-bond acceptors (Lipinski definition) is 5. The molecule has 142 valence electrons. The lowest BCUT2D eigenvalue weighted by Crippen LogP contribution is -3.14. The number of thiazole rings is 1. The van der Waals surface area contributed by atoms with E-state index in [0.717, 1.165) is 59.5 Å². The van der Waals surface area contributed by atoms with Crippen LogP contribution in [0.15, 0.2) is 35.7 Å². The Morgan fingerprint density at radius 1 is 1.30 bits per heavy atom. The van der Waals surface area contributed by atoms with Gasteiger partial charge in [-0.15, -0.1) is 11.3 Å². The molecular formula is C20H24N3O2S2+. The molecule has 1 amide bonds. The van der Waals surface area contributed by atoms with E-state index in [2.05, 4.69) is 19.1 Å². The third-order valence-electron chi connectivity index (χ3n) is 4.85. The van der Waals surface area contributed by atoms with Crippen LogP contribution in [0.4, 0.5) is 5.13 Å². The van der Waals surface area contributed by atoms with Crippen molar-refractivity contribution in [1.82, 2.24) is 4.98 Å². The molecule has 3 heterocycles. The van der Waals surface area contributed by atoms with Gasteiger partial charge >= 0.3 is 0 Å². The first-order chi connectivity index (χ1) is 13.2. The van der Waals surface area contributed by atoms with E-state index in [1.54, 1.807) is 16.2 Å². The van der Waals surface area contributed by atoms with Crippen molar-refractivity contribution in [2.75, 3.05) is 44.3 Å². The van der Waals surface area contributed by atoms with Crippen LogP contribution in [-0.4, -0.2) is 50.3 Å². The second-order valence-electron chi connectivity index (χ2n) is 6.87. The minimum absolute atomic E-state index is 0.0535. The highest BCUT2D eigenvalue weighted by Gasteiger charge is 2.23. The first kappa shape index (κ1) is 18.6. The van der Waals surface area contributed by atoms with E-state index in [1.807, 2.05) is 28.5 Å². The van der Waals surface area contributed by atoms with E-state index in [0.29, 0.717) is 6.54 Å². The zero-order valence-corrected chi connectivity index (χ0v) is 17.1. The Morgan fingerprint density at radius 2 is 2.15 bits per heavy atom. The summed E-state index contributed by atoms with van der Waals surface area (Å²) in [7, 11) is 0. The number of thiophene rings is 1. The molecule has 7 heteroatoms. The molecule has 3 aromatic rings. The fourth-order valence-electron chi connectivity index (χ4n) is 3.35. The quantitative estimate of drug-likeness (QED) is 0.690. The second kappa shape index (κ2) is 8.48. The number of amides is 1. The summed E-state index contributed by atoms with van der Waals surface area (Å²) in [6.07, 6.45) is 0.960. The number of nitrogens with one attached hydrogen (secondary N) is 1. The second-order valence-corrected chi connectivity index (χ2v) is 8.82. The summed E-state index contributed by atoms with van der Waals surface area (Å²) in [5.74, 6) is 0.0535. The molecule has 0 spiro atoms. The zero-order valence-electron chi connectivity index (χ0n) is 15.4. The van der Waals surface area contributed by atoms with Crippen molar-refractivity contribution < 1.29 is 14.4 Å². The Balaban J connectivity index is 1.53. The third kappa shape index (κ3) is 4.38. The maximum absolute atomic E-state index is 13.1. The molecule has 27 heavy (non-hydrogen) atoms. The fraction of sp³-hybridized carbons (Fsp3) is 0.400. The van der Waals surface area contributed by atoms with Gasteiger partial charge in [-0.3, -0.25) is 9.69 Å². The summed E-state index contributed by atoms with van der Waals surface area (Å²) in [5.41, 5.74) is 2.17. The van der Waals surface area contributed by atoms with E-state index in [1.165, 1.54) is 16.9 Å². The number of carbonyl (C=O) groups excluding carboxylic acids is 1. The van der Waals surface area contributed by atoms with Crippen LogP contribution in [0.1, 0.15) is 21.7 Å². The Labute approximate surface area is 167 Å². The van der Waals surface area contributed by atoms with Crippen molar-refractivity contribution in [3.05, 3.63) is 46.2 Å². The first-order valence-corrected chi connectivity index (χ1v) is 11.0. The van der Waals surface area contributed by atoms with Gasteiger partial charge < -0.3 is 9.64 Å². The number of nitrogens with zero attached hydrogens (tertiary/aromatic N) is 2. The van der Waals surface area contributed by atoms with Crippen molar-refractivity contribution in [1.29, 1.82) is 0 Å². The molecule has 1 fully saturated rings. The molecule has 0 atom stereocenters. The van der Waals surface area contributed by atoms with Gasteiger partial charge in [-0.05, 0) is 36.1 Å². The molecule has 1 aromatic carbocycles. The van der Waals surface area contributed by atoms with Gasteiger partial charge in [0.25, 0.3) is 5.91 Å². The number of quaternary nitrogens is 1. The summed E-state index contributed by atoms with van der Waals surface area (Å²) in [5, 5.41) is 2.75. The van der Waals surface area contributed by atoms with Crippen LogP contribution in [0.25, 0.3) is 10.2 Å². The topological polar surface area (TPSA) is 46.9 Å². The van der Waals surface area contributed by atoms with Gasteiger partial charge in [-0.25, -0.2) is 4.98 Å².